The molecule has 0 N–H and O–H groups in total. The van der Waals surface area contributed by atoms with Gasteiger partial charge in [-0.1, -0.05) is 43.4 Å². The molecule has 0 saturated heterocycles. The summed E-state index contributed by atoms with van der Waals surface area (Å²) in [6.07, 6.45) is 0. The van der Waals surface area contributed by atoms with Crippen LogP contribution in [-0.2, 0) is 0 Å². The third-order valence-corrected chi connectivity index (χ3v) is 6.10. The summed E-state index contributed by atoms with van der Waals surface area (Å²) >= 11 is 1.21. The minimum atomic E-state index is -0.741. The van der Waals surface area contributed by atoms with Gasteiger partial charge in [0.2, 0.25) is 10.9 Å². The second-order valence-electron chi connectivity index (χ2n) is 8.08. The van der Waals surface area contributed by atoms with Gasteiger partial charge in [0.15, 0.2) is 16.9 Å². The van der Waals surface area contributed by atoms with E-state index in [0.29, 0.717) is 45.7 Å². The van der Waals surface area contributed by atoms with Gasteiger partial charge in [0.05, 0.1) is 30.7 Å². The Hall–Kier alpha value is -3.72. The molecule has 1 atom stereocenters. The van der Waals surface area contributed by atoms with Gasteiger partial charge in [-0.3, -0.25) is 14.5 Å². The molecule has 0 aliphatic carbocycles. The van der Waals surface area contributed by atoms with E-state index in [2.05, 4.69) is 24.0 Å². The molecule has 4 aromatic rings. The highest BCUT2D eigenvalue weighted by Crippen LogP contribution is 2.43. The van der Waals surface area contributed by atoms with Crippen LogP contribution in [0, 0.1) is 5.92 Å². The van der Waals surface area contributed by atoms with Crippen LogP contribution >= 0.6 is 11.3 Å². The fourth-order valence-electron chi connectivity index (χ4n) is 3.93. The first kappa shape index (κ1) is 21.1. The Balaban J connectivity index is 1.70. The molecule has 168 valence electrons. The Morgan fingerprint density at radius 3 is 2.70 bits per heavy atom. The van der Waals surface area contributed by atoms with Crippen molar-refractivity contribution in [1.29, 1.82) is 0 Å². The Bertz CT molecular complexity index is 1400. The number of carbonyl (C=O) groups is 1. The maximum atomic E-state index is 13.5. The zero-order valence-corrected chi connectivity index (χ0v) is 19.1. The van der Waals surface area contributed by atoms with Crippen LogP contribution in [0.4, 0.5) is 5.13 Å². The van der Waals surface area contributed by atoms with Crippen LogP contribution in [0.2, 0.25) is 0 Å². The van der Waals surface area contributed by atoms with Crippen LogP contribution in [-0.4, -0.2) is 29.8 Å². The standard InChI is InChI=1S/C24H21N3O5S/c1-13(2)11-31-17-9-8-14(10-18(17)30-3)20-19-21(28)15-6-4-5-7-16(15)32-22(19)23(29)27(20)24-26-25-12-33-24/h4-10,12-13,20H,11H2,1-3H3. The minimum absolute atomic E-state index is 0.0120. The highest BCUT2D eigenvalue weighted by Gasteiger charge is 2.45. The predicted octanol–water partition coefficient (Wildman–Crippen LogP) is 4.44. The summed E-state index contributed by atoms with van der Waals surface area (Å²) in [6.45, 7) is 4.66. The molecule has 1 amide bonds. The van der Waals surface area contributed by atoms with Crippen LogP contribution in [0.5, 0.6) is 11.5 Å². The van der Waals surface area contributed by atoms with Crippen LogP contribution in [0.3, 0.4) is 0 Å². The molecule has 3 heterocycles. The minimum Gasteiger partial charge on any atom is -0.493 e. The average molecular weight is 464 g/mol. The molecule has 2 aromatic carbocycles. The number of fused-ring (bicyclic) bond motifs is 2. The van der Waals surface area contributed by atoms with Gasteiger partial charge in [0, 0.05) is 0 Å². The Kier molecular flexibility index (Phi) is 5.33. The lowest BCUT2D eigenvalue weighted by atomic mass is 9.98. The summed E-state index contributed by atoms with van der Waals surface area (Å²) in [5, 5.41) is 8.76. The van der Waals surface area contributed by atoms with E-state index in [4.69, 9.17) is 13.9 Å². The van der Waals surface area contributed by atoms with Gasteiger partial charge in [-0.25, -0.2) is 0 Å². The Morgan fingerprint density at radius 2 is 1.97 bits per heavy atom. The molecule has 0 spiro atoms. The molecule has 33 heavy (non-hydrogen) atoms. The lowest BCUT2D eigenvalue weighted by Crippen LogP contribution is -2.29. The first-order chi connectivity index (χ1) is 16.0. The molecule has 0 bridgehead atoms. The SMILES string of the molecule is COc1cc(C2c3c(oc4ccccc4c3=O)C(=O)N2c2nncs2)ccc1OCC(C)C. The number of nitrogens with zero attached hydrogens (tertiary/aromatic N) is 3. The van der Waals surface area contributed by atoms with E-state index in [1.807, 2.05) is 6.07 Å². The van der Waals surface area contributed by atoms with Crippen molar-refractivity contribution in [3.63, 3.8) is 0 Å². The summed E-state index contributed by atoms with van der Waals surface area (Å²) in [5.41, 5.74) is 2.59. The van der Waals surface area contributed by atoms with Crippen LogP contribution < -0.4 is 19.8 Å². The van der Waals surface area contributed by atoms with Crippen molar-refractivity contribution in [2.45, 2.75) is 19.9 Å². The number of hydrogen-bond acceptors (Lipinski definition) is 8. The number of benzene rings is 2. The van der Waals surface area contributed by atoms with Gasteiger partial charge >= 0.3 is 0 Å². The Morgan fingerprint density at radius 1 is 1.15 bits per heavy atom. The summed E-state index contributed by atoms with van der Waals surface area (Å²) in [5.74, 6) is 1.02. The van der Waals surface area contributed by atoms with Gasteiger partial charge in [-0.2, -0.15) is 0 Å². The summed E-state index contributed by atoms with van der Waals surface area (Å²) in [7, 11) is 1.56. The molecule has 1 aliphatic heterocycles. The van der Waals surface area contributed by atoms with E-state index < -0.39 is 11.9 Å². The summed E-state index contributed by atoms with van der Waals surface area (Å²) in [4.78, 5) is 28.4. The third-order valence-electron chi connectivity index (χ3n) is 5.41. The number of ether oxygens (including phenoxy) is 2. The number of hydrogen-bond donors (Lipinski definition) is 0. The van der Waals surface area contributed by atoms with Gasteiger partial charge in [0.25, 0.3) is 5.91 Å². The van der Waals surface area contributed by atoms with E-state index in [-0.39, 0.29) is 16.8 Å². The monoisotopic (exact) mass is 463 g/mol. The van der Waals surface area contributed by atoms with E-state index in [0.717, 1.165) is 0 Å². The van der Waals surface area contributed by atoms with Crippen molar-refractivity contribution in [3.8, 4) is 11.5 Å². The molecule has 5 rings (SSSR count). The second-order valence-corrected chi connectivity index (χ2v) is 8.90. The lowest BCUT2D eigenvalue weighted by molar-refractivity contribution is 0.0970. The maximum Gasteiger partial charge on any atom is 0.297 e. The average Bonchev–Trinajstić information content (AvgIpc) is 3.44. The van der Waals surface area contributed by atoms with Crippen molar-refractivity contribution >= 4 is 33.3 Å². The maximum absolute atomic E-state index is 13.5. The zero-order valence-electron chi connectivity index (χ0n) is 18.3. The first-order valence-electron chi connectivity index (χ1n) is 10.5. The fraction of sp³-hybridized carbons (Fsp3) is 0.250. The molecule has 1 unspecified atom stereocenters. The van der Waals surface area contributed by atoms with Gasteiger partial charge in [-0.05, 0) is 35.7 Å². The third kappa shape index (κ3) is 3.54. The highest BCUT2D eigenvalue weighted by molar-refractivity contribution is 7.13. The smallest absolute Gasteiger partial charge is 0.297 e. The van der Waals surface area contributed by atoms with Gasteiger partial charge < -0.3 is 13.9 Å². The first-order valence-corrected chi connectivity index (χ1v) is 11.3. The van der Waals surface area contributed by atoms with E-state index in [1.165, 1.54) is 21.7 Å². The number of aromatic nitrogens is 2. The molecule has 2 aromatic heterocycles. The number of anilines is 1. The number of para-hydroxylation sites is 1. The molecule has 9 heteroatoms. The van der Waals surface area contributed by atoms with Crippen LogP contribution in [0.15, 0.2) is 57.2 Å². The summed E-state index contributed by atoms with van der Waals surface area (Å²) in [6, 6.07) is 11.6. The topological polar surface area (TPSA) is 94.8 Å². The summed E-state index contributed by atoms with van der Waals surface area (Å²) < 4.78 is 17.4. The van der Waals surface area contributed by atoms with Crippen molar-refractivity contribution in [3.05, 3.63) is 75.1 Å². The molecular weight excluding hydrogens is 442 g/mol. The largest absolute Gasteiger partial charge is 0.493 e. The fourth-order valence-corrected chi connectivity index (χ4v) is 4.52. The quantitative estimate of drug-likeness (QED) is 0.417. The predicted molar refractivity (Wildman–Crippen MR) is 124 cm³/mol. The van der Waals surface area contributed by atoms with Gasteiger partial charge in [-0.15, -0.1) is 10.2 Å². The van der Waals surface area contributed by atoms with Crippen molar-refractivity contribution in [1.82, 2.24) is 10.2 Å². The lowest BCUT2D eigenvalue weighted by Gasteiger charge is -2.23. The molecule has 0 fully saturated rings. The van der Waals surface area contributed by atoms with E-state index >= 15 is 0 Å². The highest BCUT2D eigenvalue weighted by atomic mass is 32.1. The normalized spacial score (nSPS) is 15.3. The van der Waals surface area contributed by atoms with Crippen molar-refractivity contribution in [2.75, 3.05) is 18.6 Å². The van der Waals surface area contributed by atoms with E-state index in [9.17, 15) is 9.59 Å². The number of carbonyl (C=O) groups excluding carboxylic acids is 1. The molecule has 0 radical (unpaired) electrons. The molecule has 0 saturated carbocycles. The molecule has 8 nitrogen and oxygen atoms in total. The zero-order chi connectivity index (χ0) is 23.1. The van der Waals surface area contributed by atoms with Crippen LogP contribution in [0.25, 0.3) is 11.0 Å². The second kappa shape index (κ2) is 8.32. The van der Waals surface area contributed by atoms with Gasteiger partial charge in [0.1, 0.15) is 11.1 Å². The number of amides is 1. The molecular formula is C24H21N3O5S. The molecule has 1 aliphatic rings. The number of methoxy groups -OCH3 is 1. The van der Waals surface area contributed by atoms with Crippen LogP contribution in [0.1, 0.15) is 41.6 Å². The van der Waals surface area contributed by atoms with Crippen molar-refractivity contribution < 1.29 is 18.7 Å². The van der Waals surface area contributed by atoms with Crippen molar-refractivity contribution in [2.24, 2.45) is 5.92 Å². The number of rotatable bonds is 6. The van der Waals surface area contributed by atoms with E-state index in [1.54, 1.807) is 43.5 Å². The Labute approximate surface area is 193 Å².